The van der Waals surface area contributed by atoms with Crippen LogP contribution in [0.15, 0.2) is 41.1 Å². The summed E-state index contributed by atoms with van der Waals surface area (Å²) in [6, 6.07) is 6.31. The lowest BCUT2D eigenvalue weighted by Crippen LogP contribution is -2.26. The maximum absolute atomic E-state index is 13.0. The van der Waals surface area contributed by atoms with Crippen molar-refractivity contribution in [1.82, 2.24) is 9.97 Å². The van der Waals surface area contributed by atoms with Gasteiger partial charge in [0.05, 0.1) is 16.6 Å². The van der Waals surface area contributed by atoms with Gasteiger partial charge in [-0.2, -0.15) is 0 Å². The second kappa shape index (κ2) is 5.46. The summed E-state index contributed by atoms with van der Waals surface area (Å²) < 4.78 is 13.8. The fourth-order valence-corrected chi connectivity index (χ4v) is 2.69. The van der Waals surface area contributed by atoms with Gasteiger partial charge in [0.2, 0.25) is 5.95 Å². The molecule has 1 aliphatic heterocycles. The standard InChI is InChI=1S/C14H13BrFN3O/c15-10-6-17-14(18-7-10)19-8-12(20)5-13(19)9-1-3-11(16)4-2-9/h1-4,6-7,12-13,20H,5,8H2. The zero-order chi connectivity index (χ0) is 14.1. The van der Waals surface area contributed by atoms with Crippen molar-refractivity contribution in [1.29, 1.82) is 0 Å². The molecular weight excluding hydrogens is 325 g/mol. The highest BCUT2D eigenvalue weighted by Crippen LogP contribution is 2.34. The molecule has 3 rings (SSSR count). The van der Waals surface area contributed by atoms with Crippen molar-refractivity contribution in [2.75, 3.05) is 11.4 Å². The minimum atomic E-state index is -0.433. The maximum atomic E-state index is 13.0. The van der Waals surface area contributed by atoms with E-state index in [-0.39, 0.29) is 11.9 Å². The van der Waals surface area contributed by atoms with E-state index in [9.17, 15) is 9.50 Å². The zero-order valence-electron chi connectivity index (χ0n) is 10.6. The van der Waals surface area contributed by atoms with E-state index in [0.717, 1.165) is 10.0 Å². The Labute approximate surface area is 124 Å². The van der Waals surface area contributed by atoms with Crippen LogP contribution in [0.25, 0.3) is 0 Å². The molecule has 0 radical (unpaired) electrons. The summed E-state index contributed by atoms with van der Waals surface area (Å²) in [6.45, 7) is 0.476. The molecule has 6 heteroatoms. The predicted molar refractivity (Wildman–Crippen MR) is 76.8 cm³/mol. The van der Waals surface area contributed by atoms with Crippen LogP contribution in [0.3, 0.4) is 0 Å². The first-order chi connectivity index (χ1) is 9.63. The second-order valence-corrected chi connectivity index (χ2v) is 5.73. The van der Waals surface area contributed by atoms with Gasteiger partial charge in [-0.1, -0.05) is 12.1 Å². The Morgan fingerprint density at radius 2 is 1.85 bits per heavy atom. The molecule has 0 amide bonds. The quantitative estimate of drug-likeness (QED) is 0.915. The fraction of sp³-hybridized carbons (Fsp3) is 0.286. The van der Waals surface area contributed by atoms with Crippen molar-refractivity contribution in [2.45, 2.75) is 18.6 Å². The lowest BCUT2D eigenvalue weighted by molar-refractivity contribution is 0.194. The molecule has 1 aliphatic rings. The van der Waals surface area contributed by atoms with Crippen LogP contribution in [-0.2, 0) is 0 Å². The number of aliphatic hydroxyl groups excluding tert-OH is 1. The molecule has 1 aromatic heterocycles. The Morgan fingerprint density at radius 3 is 2.50 bits per heavy atom. The lowest BCUT2D eigenvalue weighted by Gasteiger charge is -2.24. The Kier molecular flexibility index (Phi) is 3.67. The summed E-state index contributed by atoms with van der Waals surface area (Å²) in [6.07, 6.45) is 3.51. The van der Waals surface area contributed by atoms with Gasteiger partial charge in [0, 0.05) is 18.9 Å². The average Bonchev–Trinajstić information content (AvgIpc) is 2.82. The van der Waals surface area contributed by atoms with Crippen molar-refractivity contribution in [3.8, 4) is 0 Å². The van der Waals surface area contributed by atoms with E-state index in [0.29, 0.717) is 18.9 Å². The normalized spacial score (nSPS) is 22.2. The summed E-state index contributed by atoms with van der Waals surface area (Å²) in [7, 11) is 0. The molecule has 104 valence electrons. The molecule has 0 spiro atoms. The van der Waals surface area contributed by atoms with Crippen molar-refractivity contribution in [2.24, 2.45) is 0 Å². The van der Waals surface area contributed by atoms with E-state index in [1.807, 2.05) is 4.90 Å². The molecule has 2 atom stereocenters. The number of anilines is 1. The van der Waals surface area contributed by atoms with Crippen LogP contribution in [-0.4, -0.2) is 27.7 Å². The van der Waals surface area contributed by atoms with Gasteiger partial charge in [-0.25, -0.2) is 14.4 Å². The highest BCUT2D eigenvalue weighted by atomic mass is 79.9. The number of hydrogen-bond acceptors (Lipinski definition) is 4. The highest BCUT2D eigenvalue weighted by molar-refractivity contribution is 9.10. The Balaban J connectivity index is 1.92. The Morgan fingerprint density at radius 1 is 1.20 bits per heavy atom. The molecule has 20 heavy (non-hydrogen) atoms. The Hall–Kier alpha value is -1.53. The largest absolute Gasteiger partial charge is 0.391 e. The van der Waals surface area contributed by atoms with E-state index in [2.05, 4.69) is 25.9 Å². The molecule has 0 aliphatic carbocycles. The minimum absolute atomic E-state index is 0.0354. The maximum Gasteiger partial charge on any atom is 0.225 e. The third-order valence-corrected chi connectivity index (χ3v) is 3.81. The number of halogens is 2. The number of hydrogen-bond donors (Lipinski definition) is 1. The van der Waals surface area contributed by atoms with Crippen LogP contribution < -0.4 is 4.90 Å². The highest BCUT2D eigenvalue weighted by Gasteiger charge is 2.33. The summed E-state index contributed by atoms with van der Waals surface area (Å²) >= 11 is 3.30. The fourth-order valence-electron chi connectivity index (χ4n) is 2.49. The average molecular weight is 338 g/mol. The molecule has 4 nitrogen and oxygen atoms in total. The van der Waals surface area contributed by atoms with Crippen LogP contribution in [0.4, 0.5) is 10.3 Å². The van der Waals surface area contributed by atoms with Gasteiger partial charge in [0.25, 0.3) is 0 Å². The van der Waals surface area contributed by atoms with Gasteiger partial charge < -0.3 is 10.0 Å². The van der Waals surface area contributed by atoms with E-state index >= 15 is 0 Å². The summed E-state index contributed by atoms with van der Waals surface area (Å²) in [5.41, 5.74) is 0.953. The lowest BCUT2D eigenvalue weighted by atomic mass is 10.0. The topological polar surface area (TPSA) is 49.2 Å². The third kappa shape index (κ3) is 2.66. The van der Waals surface area contributed by atoms with Gasteiger partial charge in [0.1, 0.15) is 5.82 Å². The SMILES string of the molecule is OC1CC(c2ccc(F)cc2)N(c2ncc(Br)cn2)C1. The summed E-state index contributed by atoms with van der Waals surface area (Å²) in [5, 5.41) is 9.92. The number of nitrogens with zero attached hydrogens (tertiary/aromatic N) is 3. The number of β-amino-alcohol motifs (C(OH)–C–C–N with tert-alkyl or cyclic N) is 1. The molecule has 1 fully saturated rings. The third-order valence-electron chi connectivity index (χ3n) is 3.40. The van der Waals surface area contributed by atoms with Gasteiger partial charge in [-0.15, -0.1) is 0 Å². The number of rotatable bonds is 2. The van der Waals surface area contributed by atoms with Crippen LogP contribution in [0.5, 0.6) is 0 Å². The van der Waals surface area contributed by atoms with Crippen molar-refractivity contribution < 1.29 is 9.50 Å². The molecule has 1 N–H and O–H groups in total. The van der Waals surface area contributed by atoms with E-state index in [1.54, 1.807) is 24.5 Å². The van der Waals surface area contributed by atoms with E-state index in [1.165, 1.54) is 12.1 Å². The first-order valence-electron chi connectivity index (χ1n) is 6.31. The monoisotopic (exact) mass is 337 g/mol. The van der Waals surface area contributed by atoms with Gasteiger partial charge in [-0.05, 0) is 40.0 Å². The molecule has 0 saturated carbocycles. The van der Waals surface area contributed by atoms with Gasteiger partial charge in [-0.3, -0.25) is 0 Å². The van der Waals surface area contributed by atoms with E-state index in [4.69, 9.17) is 0 Å². The van der Waals surface area contributed by atoms with Crippen molar-refractivity contribution >= 4 is 21.9 Å². The minimum Gasteiger partial charge on any atom is -0.391 e. The zero-order valence-corrected chi connectivity index (χ0v) is 12.2. The number of aliphatic hydroxyl groups is 1. The second-order valence-electron chi connectivity index (χ2n) is 4.81. The van der Waals surface area contributed by atoms with Crippen molar-refractivity contribution in [3.05, 3.63) is 52.5 Å². The molecule has 1 aromatic carbocycles. The molecule has 2 aromatic rings. The van der Waals surface area contributed by atoms with Gasteiger partial charge in [0.15, 0.2) is 0 Å². The van der Waals surface area contributed by atoms with Crippen molar-refractivity contribution in [3.63, 3.8) is 0 Å². The smallest absolute Gasteiger partial charge is 0.225 e. The van der Waals surface area contributed by atoms with Crippen LogP contribution >= 0.6 is 15.9 Å². The molecule has 0 bridgehead atoms. The van der Waals surface area contributed by atoms with Crippen LogP contribution in [0.1, 0.15) is 18.0 Å². The number of benzene rings is 1. The molecule has 2 heterocycles. The molecular formula is C14H13BrFN3O. The molecule has 2 unspecified atom stereocenters. The van der Waals surface area contributed by atoms with Gasteiger partial charge >= 0.3 is 0 Å². The van der Waals surface area contributed by atoms with Crippen LogP contribution in [0.2, 0.25) is 0 Å². The number of aromatic nitrogens is 2. The Bertz CT molecular complexity index is 537. The van der Waals surface area contributed by atoms with E-state index < -0.39 is 6.10 Å². The first-order valence-corrected chi connectivity index (χ1v) is 7.10. The summed E-state index contributed by atoms with van der Waals surface area (Å²) in [4.78, 5) is 10.5. The first kappa shape index (κ1) is 13.5. The van der Waals surface area contributed by atoms with Crippen LogP contribution in [0, 0.1) is 5.82 Å². The summed E-state index contributed by atoms with van der Waals surface area (Å²) in [5.74, 6) is 0.304. The predicted octanol–water partition coefficient (Wildman–Crippen LogP) is 2.69. The molecule has 1 saturated heterocycles.